The second kappa shape index (κ2) is 13.4. The Kier molecular flexibility index (Phi) is 9.61. The van der Waals surface area contributed by atoms with Gasteiger partial charge in [-0.25, -0.2) is 18.2 Å². The summed E-state index contributed by atoms with van der Waals surface area (Å²) in [5.41, 5.74) is 0.134. The normalized spacial score (nSPS) is 19.5. The average molecular weight is 635 g/mol. The number of aromatic amines is 1. The number of sulfone groups is 1. The van der Waals surface area contributed by atoms with Crippen molar-refractivity contribution in [1.82, 2.24) is 25.5 Å². The molecule has 2 amide bonds. The number of hydrogen-bond acceptors (Lipinski definition) is 8. The van der Waals surface area contributed by atoms with Crippen LogP contribution in [0.5, 0.6) is 0 Å². The van der Waals surface area contributed by atoms with Crippen LogP contribution in [0.2, 0.25) is 0 Å². The Balaban J connectivity index is 1.17. The molecule has 3 aromatic rings. The molecule has 0 radical (unpaired) electrons. The lowest BCUT2D eigenvalue weighted by Crippen LogP contribution is -2.41. The van der Waals surface area contributed by atoms with E-state index in [1.165, 1.54) is 24.8 Å². The third-order valence-electron chi connectivity index (χ3n) is 8.13. The van der Waals surface area contributed by atoms with Gasteiger partial charge in [0.1, 0.15) is 15.7 Å². The van der Waals surface area contributed by atoms with E-state index in [2.05, 4.69) is 36.1 Å². The first-order valence-corrected chi connectivity index (χ1v) is 16.8. The van der Waals surface area contributed by atoms with Crippen LogP contribution in [0.4, 0.5) is 41.2 Å². The van der Waals surface area contributed by atoms with E-state index in [1.54, 1.807) is 12.3 Å². The standard InChI is InChI=1S/C29H37F3N8O3S/c1-44(42,43)15-14-40(23-8-3-2-4-9-23)27-33-13-12-25(37-27)36-26-18-24(38-39-26)19-10-11-22(16-19)35-28(41)34-21-7-5-6-20(17-21)29(30,31)32/h5-7,12-13,17-19,22-23H,2-4,8-11,14-16H2,1H3,(H2,34,35,41)(H2,33,36,37,38,39). The number of carbonyl (C=O) groups excluding carboxylic acids is 1. The minimum atomic E-state index is -4.49. The number of alkyl halides is 3. The third-order valence-corrected chi connectivity index (χ3v) is 9.05. The molecule has 2 aromatic heterocycles. The van der Waals surface area contributed by atoms with Crippen molar-refractivity contribution in [1.29, 1.82) is 0 Å². The Bertz CT molecular complexity index is 1540. The maximum Gasteiger partial charge on any atom is 0.416 e. The maximum absolute atomic E-state index is 13.0. The van der Waals surface area contributed by atoms with Gasteiger partial charge in [-0.2, -0.15) is 23.3 Å². The van der Waals surface area contributed by atoms with Crippen molar-refractivity contribution >= 4 is 39.1 Å². The average Bonchev–Trinajstić information content (AvgIpc) is 3.63. The number of H-pyrrole nitrogens is 1. The van der Waals surface area contributed by atoms with Gasteiger partial charge in [-0.05, 0) is 56.4 Å². The summed E-state index contributed by atoms with van der Waals surface area (Å²) >= 11 is 0. The molecule has 0 saturated heterocycles. The molecule has 0 spiro atoms. The number of hydrogen-bond donors (Lipinski definition) is 4. The largest absolute Gasteiger partial charge is 0.416 e. The van der Waals surface area contributed by atoms with Crippen molar-refractivity contribution in [3.05, 3.63) is 53.9 Å². The topological polar surface area (TPSA) is 145 Å². The van der Waals surface area contributed by atoms with Gasteiger partial charge in [0.25, 0.3) is 0 Å². The molecule has 5 rings (SSSR count). The van der Waals surface area contributed by atoms with Gasteiger partial charge in [-0.3, -0.25) is 5.10 Å². The minimum Gasteiger partial charge on any atom is -0.337 e. The molecule has 44 heavy (non-hydrogen) atoms. The Morgan fingerprint density at radius 2 is 1.86 bits per heavy atom. The lowest BCUT2D eigenvalue weighted by atomic mass is 9.94. The van der Waals surface area contributed by atoms with E-state index in [0.717, 1.165) is 49.9 Å². The molecular weight excluding hydrogens is 597 g/mol. The molecule has 2 fully saturated rings. The Labute approximate surface area is 254 Å². The maximum atomic E-state index is 13.0. The molecule has 4 N–H and O–H groups in total. The molecule has 2 unspecified atom stereocenters. The molecule has 2 atom stereocenters. The predicted molar refractivity (Wildman–Crippen MR) is 162 cm³/mol. The summed E-state index contributed by atoms with van der Waals surface area (Å²) < 4.78 is 62.7. The van der Waals surface area contributed by atoms with Crippen LogP contribution in [0.25, 0.3) is 0 Å². The van der Waals surface area contributed by atoms with Crippen LogP contribution in [0.15, 0.2) is 42.6 Å². The van der Waals surface area contributed by atoms with Crippen molar-refractivity contribution in [3.8, 4) is 0 Å². The Morgan fingerprint density at radius 1 is 1.07 bits per heavy atom. The summed E-state index contributed by atoms with van der Waals surface area (Å²) in [5, 5.41) is 16.0. The van der Waals surface area contributed by atoms with Gasteiger partial charge in [0.2, 0.25) is 5.95 Å². The highest BCUT2D eigenvalue weighted by atomic mass is 32.2. The summed E-state index contributed by atoms with van der Waals surface area (Å²) in [6, 6.07) is 7.63. The van der Waals surface area contributed by atoms with E-state index in [9.17, 15) is 26.4 Å². The van der Waals surface area contributed by atoms with Crippen LogP contribution >= 0.6 is 0 Å². The fraction of sp³-hybridized carbons (Fsp3) is 0.517. The van der Waals surface area contributed by atoms with Crippen molar-refractivity contribution in [2.75, 3.05) is 34.1 Å². The molecular formula is C29H37F3N8O3S. The van der Waals surface area contributed by atoms with E-state index in [-0.39, 0.29) is 29.4 Å². The molecule has 11 nitrogen and oxygen atoms in total. The van der Waals surface area contributed by atoms with E-state index < -0.39 is 27.6 Å². The quantitative estimate of drug-likeness (QED) is 0.226. The van der Waals surface area contributed by atoms with E-state index >= 15 is 0 Å². The van der Waals surface area contributed by atoms with Gasteiger partial charge in [0.15, 0.2) is 5.82 Å². The number of nitrogens with zero attached hydrogens (tertiary/aromatic N) is 4. The second-order valence-electron chi connectivity index (χ2n) is 11.6. The molecule has 2 aliphatic carbocycles. The molecule has 15 heteroatoms. The van der Waals surface area contributed by atoms with Gasteiger partial charge in [-0.15, -0.1) is 0 Å². The SMILES string of the molecule is CS(=O)(=O)CCN(c1nccc(Nc2cc(C3CCC(NC(=O)Nc4cccc(C(F)(F)F)c4)C3)[nH]n2)n1)C1CCCCC1. The van der Waals surface area contributed by atoms with Gasteiger partial charge >= 0.3 is 12.2 Å². The second-order valence-corrected chi connectivity index (χ2v) is 13.8. The Hall–Kier alpha value is -3.88. The molecule has 0 aliphatic heterocycles. The fourth-order valence-corrected chi connectivity index (χ4v) is 6.45. The molecule has 1 aromatic carbocycles. The lowest BCUT2D eigenvalue weighted by molar-refractivity contribution is -0.137. The number of halogens is 3. The van der Waals surface area contributed by atoms with Crippen molar-refractivity contribution < 1.29 is 26.4 Å². The highest BCUT2D eigenvalue weighted by Crippen LogP contribution is 2.35. The van der Waals surface area contributed by atoms with Crippen LogP contribution in [0.3, 0.4) is 0 Å². The highest BCUT2D eigenvalue weighted by Gasteiger charge is 2.31. The summed E-state index contributed by atoms with van der Waals surface area (Å²) in [7, 11) is -3.15. The van der Waals surface area contributed by atoms with Gasteiger partial charge in [0.05, 0.1) is 11.3 Å². The van der Waals surface area contributed by atoms with E-state index in [1.807, 2.05) is 11.0 Å². The monoisotopic (exact) mass is 634 g/mol. The van der Waals surface area contributed by atoms with Crippen molar-refractivity contribution in [2.24, 2.45) is 0 Å². The zero-order valence-corrected chi connectivity index (χ0v) is 25.2. The molecule has 2 saturated carbocycles. The van der Waals surface area contributed by atoms with Crippen molar-refractivity contribution in [3.63, 3.8) is 0 Å². The zero-order valence-electron chi connectivity index (χ0n) is 24.4. The van der Waals surface area contributed by atoms with Crippen LogP contribution in [0.1, 0.15) is 68.5 Å². The van der Waals surface area contributed by atoms with Gasteiger partial charge in [0, 0.05) is 54.4 Å². The van der Waals surface area contributed by atoms with Crippen LogP contribution in [0, 0.1) is 0 Å². The number of rotatable bonds is 10. The number of aromatic nitrogens is 4. The van der Waals surface area contributed by atoms with Crippen LogP contribution in [-0.4, -0.2) is 65.3 Å². The lowest BCUT2D eigenvalue weighted by Gasteiger charge is -2.34. The summed E-state index contributed by atoms with van der Waals surface area (Å²) in [6.07, 6.45) is 5.83. The van der Waals surface area contributed by atoms with Crippen LogP contribution < -0.4 is 20.9 Å². The molecule has 2 aliphatic rings. The predicted octanol–water partition coefficient (Wildman–Crippen LogP) is 5.60. The first-order valence-electron chi connectivity index (χ1n) is 14.8. The molecule has 2 heterocycles. The van der Waals surface area contributed by atoms with Crippen LogP contribution in [-0.2, 0) is 16.0 Å². The van der Waals surface area contributed by atoms with Gasteiger partial charge < -0.3 is 20.9 Å². The van der Waals surface area contributed by atoms with E-state index in [4.69, 9.17) is 0 Å². The third kappa shape index (κ3) is 8.61. The fourth-order valence-electron chi connectivity index (χ4n) is 5.92. The zero-order chi connectivity index (χ0) is 31.3. The highest BCUT2D eigenvalue weighted by molar-refractivity contribution is 7.90. The number of amides is 2. The Morgan fingerprint density at radius 3 is 2.61 bits per heavy atom. The van der Waals surface area contributed by atoms with Crippen molar-refractivity contribution in [2.45, 2.75) is 75.5 Å². The molecule has 0 bridgehead atoms. The minimum absolute atomic E-state index is 0.0252. The first-order chi connectivity index (χ1) is 20.9. The van der Waals surface area contributed by atoms with E-state index in [0.29, 0.717) is 37.0 Å². The number of carbonyl (C=O) groups is 1. The summed E-state index contributed by atoms with van der Waals surface area (Å²) in [5.74, 6) is 1.71. The number of urea groups is 1. The summed E-state index contributed by atoms with van der Waals surface area (Å²) in [4.78, 5) is 23.6. The molecule has 238 valence electrons. The summed E-state index contributed by atoms with van der Waals surface area (Å²) in [6.45, 7) is 0.328. The first kappa shape index (κ1) is 31.5. The number of anilines is 4. The van der Waals surface area contributed by atoms with Gasteiger partial charge in [-0.1, -0.05) is 25.3 Å². The number of benzene rings is 1. The smallest absolute Gasteiger partial charge is 0.337 e. The number of nitrogens with one attached hydrogen (secondary N) is 4.